The van der Waals surface area contributed by atoms with E-state index in [-0.39, 0.29) is 23.6 Å². The van der Waals surface area contributed by atoms with Crippen molar-refractivity contribution in [1.29, 1.82) is 0 Å². The van der Waals surface area contributed by atoms with Gasteiger partial charge in [-0.3, -0.25) is 9.59 Å². The predicted molar refractivity (Wildman–Crippen MR) is 220 cm³/mol. The zero-order chi connectivity index (χ0) is 47.7. The number of nitrogens with two attached hydrogens (primary N) is 4. The number of carboxylic acid groups (broad SMARTS) is 2. The summed E-state index contributed by atoms with van der Waals surface area (Å²) in [6.45, 7) is 4.05. The van der Waals surface area contributed by atoms with Gasteiger partial charge in [0.25, 0.3) is 0 Å². The first-order valence-electron chi connectivity index (χ1n) is 19.9. The lowest BCUT2D eigenvalue weighted by Crippen LogP contribution is -2.70. The Morgan fingerprint density at radius 3 is 2.03 bits per heavy atom. The number of β-lactam (4-membered cyclic amide) rings is 1. The van der Waals surface area contributed by atoms with Gasteiger partial charge in [0.15, 0.2) is 30.6 Å². The van der Waals surface area contributed by atoms with E-state index >= 15 is 0 Å². The molecule has 0 unspecified atom stereocenters. The highest BCUT2D eigenvalue weighted by Gasteiger charge is 2.65. The van der Waals surface area contributed by atoms with Crippen molar-refractivity contribution in [2.75, 3.05) is 13.7 Å². The van der Waals surface area contributed by atoms with Crippen LogP contribution < -0.4 is 33.6 Å². The lowest BCUT2D eigenvalue weighted by molar-refractivity contribution is -0.315. The zero-order valence-corrected chi connectivity index (χ0v) is 35.8. The average Bonchev–Trinajstić information content (AvgIpc) is 3.63. The number of aliphatic hydroxyl groups excluding tert-OH is 6. The molecule has 0 aromatic heterocycles. The fourth-order valence-electron chi connectivity index (χ4n) is 8.34. The van der Waals surface area contributed by atoms with Gasteiger partial charge in [-0.15, -0.1) is 11.8 Å². The second-order valence-electron chi connectivity index (χ2n) is 16.3. The number of benzene rings is 1. The number of nitrogens with zero attached hydrogens (tertiary/aromatic N) is 3. The van der Waals surface area contributed by atoms with E-state index in [1.165, 1.54) is 30.6 Å². The third-order valence-electron chi connectivity index (χ3n) is 11.6. The van der Waals surface area contributed by atoms with Crippen molar-refractivity contribution in [2.45, 2.75) is 141 Å². The van der Waals surface area contributed by atoms with Gasteiger partial charge in [-0.05, 0) is 33.4 Å². The Morgan fingerprint density at radius 2 is 1.48 bits per heavy atom. The van der Waals surface area contributed by atoms with Crippen LogP contribution in [0.5, 0.6) is 0 Å². The summed E-state index contributed by atoms with van der Waals surface area (Å²) in [7, 11) is 1.37. The van der Waals surface area contributed by atoms with Gasteiger partial charge < -0.3 is 103 Å². The van der Waals surface area contributed by atoms with E-state index in [1.54, 1.807) is 0 Å². The number of rotatable bonds is 13. The Kier molecular flexibility index (Phi) is 15.7. The molecular formula is C37H57N9O17S. The Balaban J connectivity index is 0.000000281. The zero-order valence-electron chi connectivity index (χ0n) is 35.0. The lowest BCUT2D eigenvalue weighted by Gasteiger charge is -2.45. The van der Waals surface area contributed by atoms with E-state index in [2.05, 4.69) is 20.6 Å². The highest BCUT2D eigenvalue weighted by molar-refractivity contribution is 8.01. The first kappa shape index (κ1) is 50.5. The molecule has 5 aliphatic rings. The molecule has 5 fully saturated rings. The predicted octanol–water partition coefficient (Wildman–Crippen LogP) is -7.41. The minimum Gasteiger partial charge on any atom is -0.480 e. The van der Waals surface area contributed by atoms with Crippen molar-refractivity contribution < 1.29 is 84.1 Å². The van der Waals surface area contributed by atoms with Crippen molar-refractivity contribution in [2.24, 2.45) is 32.9 Å². The molecule has 4 heterocycles. The average molecular weight is 932 g/mol. The van der Waals surface area contributed by atoms with E-state index in [0.29, 0.717) is 0 Å². The number of carboxylic acids is 2. The van der Waals surface area contributed by atoms with Crippen LogP contribution in [-0.2, 0) is 44.5 Å². The van der Waals surface area contributed by atoms with E-state index < -0.39 is 139 Å². The molecule has 4 saturated heterocycles. The lowest BCUT2D eigenvalue weighted by atomic mass is 9.81. The summed E-state index contributed by atoms with van der Waals surface area (Å²) < 4.78 is 22.1. The number of carbonyl (C=O) groups excluding carboxylic acids is 2. The number of guanidine groups is 2. The van der Waals surface area contributed by atoms with Gasteiger partial charge in [0, 0.05) is 4.75 Å². The van der Waals surface area contributed by atoms with Crippen molar-refractivity contribution in [3.05, 3.63) is 35.9 Å². The van der Waals surface area contributed by atoms with Crippen LogP contribution in [-0.4, -0.2) is 214 Å². The monoisotopic (exact) mass is 931 g/mol. The summed E-state index contributed by atoms with van der Waals surface area (Å²) in [5, 5.41) is 98.4. The van der Waals surface area contributed by atoms with E-state index in [4.69, 9.17) is 41.9 Å². The molecule has 27 heteroatoms. The highest BCUT2D eigenvalue weighted by Crippen LogP contribution is 2.51. The first-order valence-corrected chi connectivity index (χ1v) is 20.8. The van der Waals surface area contributed by atoms with Crippen LogP contribution in [0.2, 0.25) is 0 Å². The SMILES string of the molecule is CC1(C)S[C@@H]2[C@H](NC(=O)Cc3ccccc3)C(=O)N2[C@H]1C(=O)O.CN[C@@H]1[C@H](O[C@H]2[C@H](O[C@H]3[C@H](O)[C@@H](O)[C@H](N=C(N)N)[C@@H](O)[C@@H]3N=C(N)N)O[C@@H](C)[C@]2(O)C(=O)O)O[C@@H](CO)[C@H](O)[C@H]1O. The van der Waals surface area contributed by atoms with Gasteiger partial charge in [0.1, 0.15) is 78.4 Å². The third kappa shape index (κ3) is 9.86. The first-order chi connectivity index (χ1) is 29.9. The molecule has 4 aliphatic heterocycles. The van der Waals surface area contributed by atoms with Gasteiger partial charge >= 0.3 is 11.9 Å². The van der Waals surface area contributed by atoms with E-state index in [0.717, 1.165) is 5.56 Å². The van der Waals surface area contributed by atoms with Crippen LogP contribution in [0, 0.1) is 0 Å². The molecule has 2 amide bonds. The standard InChI is InChI=1S/C21H39N7O13.C16H18N2O4S/c1-4-21(37,18(35)36)15(41-16-8(26-2)12(33)9(30)5(3-29)39-16)17(38-4)40-14-7(28-20(24)25)10(31)6(27-19(22)23)11(32)13(14)34;1-16(2)12(15(21)22)18-13(20)11(14(18)23-16)17-10(19)8-9-6-4-3-5-7-9/h4-17,26,29-34,37H,3H2,1-2H3,(H,35,36)(H4,22,23,27)(H4,24,25,28);3-7,11-12,14H,8H2,1-2H3,(H,17,19)(H,21,22)/t4-,5-,6+,7-,8-,9-,10+,11-,12-,13+,14+,15-,16-,17-,21+;11-,12+,14-/m01/s1. The molecule has 0 radical (unpaired) electrons. The van der Waals surface area contributed by atoms with Gasteiger partial charge in [0.2, 0.25) is 17.4 Å². The van der Waals surface area contributed by atoms with Crippen LogP contribution in [0.25, 0.3) is 0 Å². The van der Waals surface area contributed by atoms with Crippen LogP contribution in [0.1, 0.15) is 26.3 Å². The van der Waals surface area contributed by atoms with Crippen LogP contribution in [0.4, 0.5) is 0 Å². The molecule has 0 spiro atoms. The number of hydrogen-bond donors (Lipinski definition) is 15. The number of thioether (sulfide) groups is 1. The summed E-state index contributed by atoms with van der Waals surface area (Å²) in [5.74, 6) is -4.47. The van der Waals surface area contributed by atoms with Gasteiger partial charge in [0.05, 0.1) is 19.1 Å². The van der Waals surface area contributed by atoms with E-state index in [1.807, 2.05) is 44.2 Å². The molecule has 64 heavy (non-hydrogen) atoms. The summed E-state index contributed by atoms with van der Waals surface area (Å²) in [6, 6.07) is 3.51. The van der Waals surface area contributed by atoms with Crippen molar-refractivity contribution in [1.82, 2.24) is 15.5 Å². The Bertz CT molecular complexity index is 1910. The number of fused-ring (bicyclic) bond motifs is 1. The number of nitrogens with one attached hydrogen (secondary N) is 2. The second-order valence-corrected chi connectivity index (χ2v) is 18.1. The van der Waals surface area contributed by atoms with Gasteiger partial charge in [-0.2, -0.15) is 0 Å². The summed E-state index contributed by atoms with van der Waals surface area (Å²) in [5.41, 5.74) is 19.8. The number of ether oxygens (including phenoxy) is 4. The number of aliphatic hydroxyl groups is 7. The maximum absolute atomic E-state index is 12.3. The molecule has 26 nitrogen and oxygen atoms in total. The number of carbonyl (C=O) groups is 4. The van der Waals surface area contributed by atoms with Gasteiger partial charge in [-0.25, -0.2) is 19.6 Å². The minimum absolute atomic E-state index is 0.202. The fraction of sp³-hybridized carbons (Fsp3) is 0.676. The third-order valence-corrected chi connectivity index (χ3v) is 13.2. The highest BCUT2D eigenvalue weighted by atomic mass is 32.2. The normalized spacial score (nSPS) is 39.9. The van der Waals surface area contributed by atoms with Gasteiger partial charge in [-0.1, -0.05) is 30.3 Å². The smallest absolute Gasteiger partial charge is 0.341 e. The van der Waals surface area contributed by atoms with Crippen LogP contribution in [0.3, 0.4) is 0 Å². The minimum atomic E-state index is -2.83. The Hall–Kier alpha value is -4.49. The van der Waals surface area contributed by atoms with Crippen molar-refractivity contribution >= 4 is 47.4 Å². The number of amides is 2. The van der Waals surface area contributed by atoms with Crippen molar-refractivity contribution in [3.63, 3.8) is 0 Å². The number of likely N-dealkylation sites (N-methyl/N-ethyl adjacent to an activating group) is 1. The van der Waals surface area contributed by atoms with Crippen molar-refractivity contribution in [3.8, 4) is 0 Å². The largest absolute Gasteiger partial charge is 0.480 e. The molecule has 19 N–H and O–H groups in total. The fourth-order valence-corrected chi connectivity index (χ4v) is 9.97. The van der Waals surface area contributed by atoms with Crippen LogP contribution in [0.15, 0.2) is 40.3 Å². The molecule has 0 bridgehead atoms. The maximum Gasteiger partial charge on any atom is 0.341 e. The topological polar surface area (TPSA) is 443 Å². The maximum atomic E-state index is 12.3. The molecule has 1 aromatic rings. The number of hydrogen-bond acceptors (Lipinski definition) is 19. The van der Waals surface area contributed by atoms with E-state index in [9.17, 15) is 65.1 Å². The molecule has 1 saturated carbocycles. The number of aliphatic imine (C=N–C) groups is 2. The Labute approximate surface area is 369 Å². The molecule has 6 rings (SSSR count). The Morgan fingerprint density at radius 1 is 0.875 bits per heavy atom. The second kappa shape index (κ2) is 19.9. The molecule has 1 aliphatic carbocycles. The quantitative estimate of drug-likeness (QED) is 0.0496. The number of aliphatic carboxylic acids is 2. The summed E-state index contributed by atoms with van der Waals surface area (Å²) in [4.78, 5) is 57.0. The molecule has 18 atom stereocenters. The van der Waals surface area contributed by atoms with Crippen LogP contribution >= 0.6 is 11.8 Å². The summed E-state index contributed by atoms with van der Waals surface area (Å²) in [6.07, 6.45) is -18.5. The molecule has 358 valence electrons. The summed E-state index contributed by atoms with van der Waals surface area (Å²) >= 11 is 1.42. The molecular weight excluding hydrogens is 875 g/mol. The molecule has 1 aromatic carbocycles.